The van der Waals surface area contributed by atoms with Crippen molar-refractivity contribution in [2.24, 2.45) is 5.73 Å². The Hall–Kier alpha value is -3.50. The summed E-state index contributed by atoms with van der Waals surface area (Å²) in [6, 6.07) is 2.28. The zero-order valence-electron chi connectivity index (χ0n) is 20.7. The fraction of sp³-hybridized carbons (Fsp3) is 0.360. The van der Waals surface area contributed by atoms with Crippen molar-refractivity contribution >= 4 is 55.7 Å². The van der Waals surface area contributed by atoms with Gasteiger partial charge in [-0.25, -0.2) is 18.4 Å². The number of aromatic nitrogens is 4. The first-order chi connectivity index (χ1) is 17.4. The number of fused-ring (bicyclic) bond motifs is 1. The average Bonchev–Trinajstić information content (AvgIpc) is 3.32. The number of primary amides is 1. The molecular formula is C25H29F2N7O2S2. The second kappa shape index (κ2) is 11.5. The number of nitrogens with two attached hydrogens (primary N) is 1. The van der Waals surface area contributed by atoms with Crippen LogP contribution in [0.2, 0.25) is 0 Å². The molecule has 13 heteroatoms. The van der Waals surface area contributed by atoms with Crippen molar-refractivity contribution < 1.29 is 18.4 Å². The molecule has 3 N–H and O–H groups in total. The molecule has 38 heavy (non-hydrogen) atoms. The summed E-state index contributed by atoms with van der Waals surface area (Å²) in [5.41, 5.74) is 7.18. The third-order valence-corrected chi connectivity index (χ3v) is 6.69. The predicted octanol–water partition coefficient (Wildman–Crippen LogP) is 2.77. The average molecular weight is 562 g/mol. The van der Waals surface area contributed by atoms with Crippen LogP contribution in [0.1, 0.15) is 53.0 Å². The van der Waals surface area contributed by atoms with E-state index in [4.69, 9.17) is 5.73 Å². The highest BCUT2D eigenvalue weighted by Gasteiger charge is 2.38. The number of rotatable bonds is 6. The van der Waals surface area contributed by atoms with Gasteiger partial charge in [0, 0.05) is 25.7 Å². The summed E-state index contributed by atoms with van der Waals surface area (Å²) in [6.45, 7) is 2.93. The van der Waals surface area contributed by atoms with Crippen molar-refractivity contribution in [3.05, 3.63) is 53.8 Å². The van der Waals surface area contributed by atoms with Gasteiger partial charge in [0.15, 0.2) is 5.69 Å². The van der Waals surface area contributed by atoms with Gasteiger partial charge in [-0.3, -0.25) is 9.59 Å². The van der Waals surface area contributed by atoms with Crippen LogP contribution in [0.5, 0.6) is 0 Å². The lowest BCUT2D eigenvalue weighted by molar-refractivity contribution is -0.127. The van der Waals surface area contributed by atoms with Gasteiger partial charge in [0.25, 0.3) is 5.91 Å². The van der Waals surface area contributed by atoms with Gasteiger partial charge in [-0.2, -0.15) is 32.1 Å². The summed E-state index contributed by atoms with van der Waals surface area (Å²) in [7, 11) is 1.59. The number of anilines is 1. The molecule has 202 valence electrons. The van der Waals surface area contributed by atoms with Gasteiger partial charge in [0.2, 0.25) is 5.91 Å². The molecule has 2 atom stereocenters. The number of hydrogen-bond acceptors (Lipinski definition) is 5. The minimum Gasteiger partial charge on any atom is -0.373 e. The van der Waals surface area contributed by atoms with Crippen LogP contribution < -0.4 is 11.1 Å². The van der Waals surface area contributed by atoms with E-state index in [1.807, 2.05) is 4.57 Å². The zero-order chi connectivity index (χ0) is 25.6. The second-order valence-electron chi connectivity index (χ2n) is 8.98. The van der Waals surface area contributed by atoms with Crippen molar-refractivity contribution in [2.45, 2.75) is 37.4 Å². The molecule has 1 aromatic carbocycles. The lowest BCUT2D eigenvalue weighted by Gasteiger charge is -2.20. The van der Waals surface area contributed by atoms with Crippen LogP contribution in [0.4, 0.5) is 14.6 Å². The standard InChI is InChI=1S/C25H25F2N7O2.2H2S/c1-3-22(35)32-12-17(9-16(32)11-26)34-25(29-2)23(24(28)36)19(31-34)7-4-14-8-20-21(10-18(14)27)33(13-30-20)15-5-6-15;;/h3,8,10,13,15-17,29H,1,5-6,9,11-12H2,2H3,(H2,28,36);2*1H2/t16-,17-;;/m0../s1. The van der Waals surface area contributed by atoms with Crippen molar-refractivity contribution in [3.8, 4) is 11.8 Å². The van der Waals surface area contributed by atoms with E-state index >= 15 is 0 Å². The number of imidazole rings is 1. The van der Waals surface area contributed by atoms with Crippen LogP contribution in [0, 0.1) is 17.7 Å². The number of alkyl halides is 1. The van der Waals surface area contributed by atoms with E-state index in [0.29, 0.717) is 22.9 Å². The number of amides is 2. The molecule has 9 nitrogen and oxygen atoms in total. The summed E-state index contributed by atoms with van der Waals surface area (Å²) < 4.78 is 32.0. The smallest absolute Gasteiger partial charge is 0.255 e. The predicted molar refractivity (Wildman–Crippen MR) is 150 cm³/mol. The zero-order valence-corrected chi connectivity index (χ0v) is 22.7. The lowest BCUT2D eigenvalue weighted by Crippen LogP contribution is -2.35. The number of benzene rings is 1. The van der Waals surface area contributed by atoms with Crippen molar-refractivity contribution in [1.82, 2.24) is 24.2 Å². The molecule has 1 saturated heterocycles. The van der Waals surface area contributed by atoms with Gasteiger partial charge < -0.3 is 20.5 Å². The van der Waals surface area contributed by atoms with Crippen molar-refractivity contribution in [3.63, 3.8) is 0 Å². The molecule has 2 aliphatic rings. The Bertz CT molecular complexity index is 1460. The summed E-state index contributed by atoms with van der Waals surface area (Å²) in [5, 5.41) is 7.38. The molecular weight excluding hydrogens is 532 g/mol. The number of carbonyl (C=O) groups excluding carboxylic acids is 2. The van der Waals surface area contributed by atoms with E-state index in [1.165, 1.54) is 15.6 Å². The Labute approximate surface area is 232 Å². The van der Waals surface area contributed by atoms with Gasteiger partial charge in [0.1, 0.15) is 23.9 Å². The van der Waals surface area contributed by atoms with Crippen LogP contribution in [-0.4, -0.2) is 62.4 Å². The van der Waals surface area contributed by atoms with Gasteiger partial charge in [0.05, 0.1) is 35.0 Å². The normalized spacial score (nSPS) is 18.2. The maximum absolute atomic E-state index is 14.9. The first-order valence-electron chi connectivity index (χ1n) is 11.6. The molecule has 0 radical (unpaired) electrons. The van der Waals surface area contributed by atoms with Crippen LogP contribution >= 0.6 is 27.0 Å². The Kier molecular flexibility index (Phi) is 8.79. The van der Waals surface area contributed by atoms with E-state index in [9.17, 15) is 18.4 Å². The molecule has 1 aliphatic carbocycles. The molecule has 0 bridgehead atoms. The maximum Gasteiger partial charge on any atom is 0.255 e. The molecule has 3 aromatic rings. The SMILES string of the molecule is C=CC(=O)N1C[C@@H](n2nc(C#Cc3cc4ncn(C5CC5)c4cc3F)c(C(N)=O)c2NC)C[C@H]1CF.S.S. The summed E-state index contributed by atoms with van der Waals surface area (Å²) >= 11 is 0. The molecule has 0 unspecified atom stereocenters. The summed E-state index contributed by atoms with van der Waals surface area (Å²) in [4.78, 5) is 30.3. The number of likely N-dealkylation sites (tertiary alicyclic amines) is 1. The Morgan fingerprint density at radius 1 is 1.26 bits per heavy atom. The van der Waals surface area contributed by atoms with Gasteiger partial charge in [-0.05, 0) is 37.3 Å². The molecule has 2 amide bonds. The fourth-order valence-corrected chi connectivity index (χ4v) is 4.78. The Balaban J connectivity index is 0.00000200. The Morgan fingerprint density at radius 2 is 2.00 bits per heavy atom. The minimum atomic E-state index is -0.770. The third kappa shape index (κ3) is 5.10. The van der Waals surface area contributed by atoms with Crippen LogP contribution in [0.15, 0.2) is 31.1 Å². The van der Waals surface area contributed by atoms with Crippen LogP contribution in [0.3, 0.4) is 0 Å². The molecule has 1 saturated carbocycles. The number of carbonyl (C=O) groups is 2. The van der Waals surface area contributed by atoms with E-state index in [2.05, 4.69) is 33.8 Å². The maximum atomic E-state index is 14.9. The topological polar surface area (TPSA) is 111 Å². The molecule has 2 aromatic heterocycles. The van der Waals surface area contributed by atoms with Crippen molar-refractivity contribution in [1.29, 1.82) is 0 Å². The Morgan fingerprint density at radius 3 is 2.61 bits per heavy atom. The van der Waals surface area contributed by atoms with Gasteiger partial charge in [-0.15, -0.1) is 0 Å². The monoisotopic (exact) mass is 561 g/mol. The van der Waals surface area contributed by atoms with E-state index in [0.717, 1.165) is 18.9 Å². The third-order valence-electron chi connectivity index (χ3n) is 6.69. The number of nitrogens with zero attached hydrogens (tertiary/aromatic N) is 5. The van der Waals surface area contributed by atoms with Gasteiger partial charge >= 0.3 is 0 Å². The number of halogens is 2. The van der Waals surface area contributed by atoms with E-state index < -0.39 is 30.5 Å². The molecule has 1 aliphatic heterocycles. The highest BCUT2D eigenvalue weighted by molar-refractivity contribution is 7.59. The largest absolute Gasteiger partial charge is 0.373 e. The first-order valence-corrected chi connectivity index (χ1v) is 11.6. The van der Waals surface area contributed by atoms with Crippen LogP contribution in [0.25, 0.3) is 11.0 Å². The number of hydrogen-bond donors (Lipinski definition) is 2. The fourth-order valence-electron chi connectivity index (χ4n) is 4.78. The molecule has 0 spiro atoms. The van der Waals surface area contributed by atoms with E-state index in [1.54, 1.807) is 19.4 Å². The lowest BCUT2D eigenvalue weighted by atomic mass is 10.1. The minimum absolute atomic E-state index is 0. The summed E-state index contributed by atoms with van der Waals surface area (Å²) in [5.74, 6) is 4.17. The van der Waals surface area contributed by atoms with Gasteiger partial charge in [-0.1, -0.05) is 12.5 Å². The second-order valence-corrected chi connectivity index (χ2v) is 8.98. The number of nitrogens with one attached hydrogen (secondary N) is 1. The van der Waals surface area contributed by atoms with Crippen LogP contribution in [-0.2, 0) is 4.79 Å². The highest BCUT2D eigenvalue weighted by atomic mass is 32.1. The molecule has 5 rings (SSSR count). The molecule has 3 heterocycles. The first kappa shape index (κ1) is 29.1. The quantitative estimate of drug-likeness (QED) is 0.355. The van der Waals surface area contributed by atoms with Crippen molar-refractivity contribution in [2.75, 3.05) is 25.6 Å². The molecule has 2 fully saturated rings. The van der Waals surface area contributed by atoms with E-state index in [-0.39, 0.29) is 62.7 Å². The highest BCUT2D eigenvalue weighted by Crippen LogP contribution is 2.37. The summed E-state index contributed by atoms with van der Waals surface area (Å²) in [6.07, 6.45) is 5.23.